The molecule has 3 aromatic carbocycles. The average Bonchev–Trinajstić information content (AvgIpc) is 2.91. The van der Waals surface area contributed by atoms with Crippen molar-refractivity contribution in [1.82, 2.24) is 15.5 Å². The van der Waals surface area contributed by atoms with Crippen LogP contribution in [0.1, 0.15) is 43.5 Å². The Morgan fingerprint density at radius 1 is 0.900 bits per heavy atom. The van der Waals surface area contributed by atoms with E-state index in [2.05, 4.69) is 16.7 Å². The lowest BCUT2D eigenvalue weighted by molar-refractivity contribution is -0.138. The molecule has 0 saturated carbocycles. The average molecular weight is 544 g/mol. The number of phenolic OH excluding ortho intramolecular Hbond substituents is 2. The van der Waals surface area contributed by atoms with E-state index in [1.807, 2.05) is 30.3 Å². The van der Waals surface area contributed by atoms with E-state index in [4.69, 9.17) is 11.2 Å². The molecule has 0 fully saturated rings. The van der Waals surface area contributed by atoms with Gasteiger partial charge in [-0.05, 0) is 61.7 Å². The van der Waals surface area contributed by atoms with E-state index < -0.39 is 35.6 Å². The van der Waals surface area contributed by atoms with Crippen LogP contribution in [-0.2, 0) is 27.3 Å². The van der Waals surface area contributed by atoms with Crippen LogP contribution >= 0.6 is 0 Å². The fourth-order valence-corrected chi connectivity index (χ4v) is 3.91. The van der Waals surface area contributed by atoms with Gasteiger partial charge in [0.1, 0.15) is 29.2 Å². The third-order valence-corrected chi connectivity index (χ3v) is 5.77. The molecular weight excluding hydrogens is 510 g/mol. The zero-order chi connectivity index (χ0) is 29.3. The van der Waals surface area contributed by atoms with Crippen molar-refractivity contribution in [3.63, 3.8) is 0 Å². The van der Waals surface area contributed by atoms with Gasteiger partial charge in [0.2, 0.25) is 5.91 Å². The first-order chi connectivity index (χ1) is 19.0. The first-order valence-corrected chi connectivity index (χ1v) is 12.6. The fraction of sp³-hybridized carbons (Fsp3) is 0.258. The van der Waals surface area contributed by atoms with Crippen LogP contribution in [0.15, 0.2) is 78.9 Å². The number of nitrogens with zero attached hydrogens (tertiary/aromatic N) is 1. The van der Waals surface area contributed by atoms with Crippen molar-refractivity contribution in [2.45, 2.75) is 51.4 Å². The predicted octanol–water partition coefficient (Wildman–Crippen LogP) is 4.01. The van der Waals surface area contributed by atoms with Crippen molar-refractivity contribution in [2.75, 3.05) is 0 Å². The largest absolute Gasteiger partial charge is 0.508 e. The van der Waals surface area contributed by atoms with Gasteiger partial charge < -0.3 is 25.6 Å². The highest BCUT2D eigenvalue weighted by Gasteiger charge is 2.36. The molecule has 3 amide bonds. The highest BCUT2D eigenvalue weighted by molar-refractivity contribution is 5.93. The maximum atomic E-state index is 13.9. The minimum atomic E-state index is -1.27. The van der Waals surface area contributed by atoms with Gasteiger partial charge >= 0.3 is 6.09 Å². The molecular formula is C31H33N3O6. The molecule has 0 aliphatic carbocycles. The smallest absolute Gasteiger partial charge is 0.408 e. The van der Waals surface area contributed by atoms with Gasteiger partial charge in [0.25, 0.3) is 5.91 Å². The lowest BCUT2D eigenvalue weighted by Gasteiger charge is -2.30. The van der Waals surface area contributed by atoms with Gasteiger partial charge in [-0.15, -0.1) is 0 Å². The Hall–Kier alpha value is -4.97. The Kier molecular flexibility index (Phi) is 9.76. The summed E-state index contributed by atoms with van der Waals surface area (Å²) in [7, 11) is 0. The summed E-state index contributed by atoms with van der Waals surface area (Å²) in [6.07, 6.45) is 4.99. The number of benzene rings is 3. The minimum absolute atomic E-state index is 0.00443. The topological polar surface area (TPSA) is 128 Å². The Morgan fingerprint density at radius 2 is 1.48 bits per heavy atom. The second kappa shape index (κ2) is 13.2. The summed E-state index contributed by atoms with van der Waals surface area (Å²) in [4.78, 5) is 41.1. The molecule has 0 spiro atoms. The Balaban J connectivity index is 1.95. The molecule has 2 atom stereocenters. The molecule has 3 aromatic rings. The number of aromatic hydroxyl groups is 2. The number of terminal acetylenes is 1. The van der Waals surface area contributed by atoms with E-state index in [9.17, 15) is 24.6 Å². The van der Waals surface area contributed by atoms with Crippen molar-refractivity contribution in [3.05, 3.63) is 95.6 Å². The van der Waals surface area contributed by atoms with E-state index in [-0.39, 0.29) is 24.5 Å². The number of ether oxygens (including phenoxy) is 1. The van der Waals surface area contributed by atoms with E-state index in [1.165, 1.54) is 36.4 Å². The normalized spacial score (nSPS) is 12.3. The summed E-state index contributed by atoms with van der Waals surface area (Å²) < 4.78 is 5.36. The van der Waals surface area contributed by atoms with Crippen LogP contribution in [0.4, 0.5) is 4.79 Å². The number of alkyl carbamates (subject to hydrolysis) is 1. The number of amides is 3. The standard InChI is InChI=1S/C31H33N3O6/c1-5-34(27(23-13-17-25(36)18-14-23)28(37)32-20-22-9-7-6-8-10-22)29(38)26(33-30(39)40-31(2,3)4)19-21-11-15-24(35)16-12-21/h1,6-18,26-27,35-36H,19-20H2,2-4H3,(H,32,37)(H,33,39). The van der Waals surface area contributed by atoms with Gasteiger partial charge in [-0.1, -0.05) is 61.0 Å². The predicted molar refractivity (Wildman–Crippen MR) is 150 cm³/mol. The number of rotatable bonds is 9. The van der Waals surface area contributed by atoms with Crippen LogP contribution < -0.4 is 10.6 Å². The molecule has 0 radical (unpaired) electrons. The Bertz CT molecular complexity index is 1340. The van der Waals surface area contributed by atoms with Crippen LogP contribution in [0.3, 0.4) is 0 Å². The Morgan fingerprint density at radius 3 is 2.02 bits per heavy atom. The number of phenols is 2. The van der Waals surface area contributed by atoms with E-state index in [0.29, 0.717) is 11.1 Å². The molecule has 3 rings (SSSR count). The maximum Gasteiger partial charge on any atom is 0.408 e. The first kappa shape index (κ1) is 29.6. The number of nitrogens with one attached hydrogen (secondary N) is 2. The molecule has 40 heavy (non-hydrogen) atoms. The summed E-state index contributed by atoms with van der Waals surface area (Å²) in [6.45, 7) is 5.26. The van der Waals surface area contributed by atoms with Gasteiger partial charge in [0.15, 0.2) is 0 Å². The lowest BCUT2D eigenvalue weighted by atomic mass is 10.0. The zero-order valence-corrected chi connectivity index (χ0v) is 22.6. The molecule has 4 N–H and O–H groups in total. The molecule has 208 valence electrons. The highest BCUT2D eigenvalue weighted by atomic mass is 16.6. The molecule has 9 nitrogen and oxygen atoms in total. The van der Waals surface area contributed by atoms with Crippen molar-refractivity contribution in [3.8, 4) is 24.0 Å². The van der Waals surface area contributed by atoms with Gasteiger partial charge in [-0.3, -0.25) is 14.5 Å². The SMILES string of the molecule is C#CN(C(=O)C(Cc1ccc(O)cc1)NC(=O)OC(C)(C)C)C(C(=O)NCc1ccccc1)c1ccc(O)cc1. The number of hydrogen-bond donors (Lipinski definition) is 4. The van der Waals surface area contributed by atoms with Crippen LogP contribution in [0, 0.1) is 12.5 Å². The van der Waals surface area contributed by atoms with Crippen LogP contribution in [-0.4, -0.2) is 44.7 Å². The molecule has 0 heterocycles. The maximum absolute atomic E-state index is 13.9. The summed E-state index contributed by atoms with van der Waals surface area (Å²) in [6, 6.07) is 21.0. The van der Waals surface area contributed by atoms with Crippen LogP contribution in [0.5, 0.6) is 11.5 Å². The van der Waals surface area contributed by atoms with Crippen molar-refractivity contribution >= 4 is 17.9 Å². The Labute approximate surface area is 233 Å². The number of carbonyl (C=O) groups is 3. The van der Waals surface area contributed by atoms with Gasteiger partial charge in [0, 0.05) is 19.0 Å². The summed E-state index contributed by atoms with van der Waals surface area (Å²) in [5.41, 5.74) is 0.999. The number of hydrogen-bond acceptors (Lipinski definition) is 6. The molecule has 2 unspecified atom stereocenters. The summed E-state index contributed by atoms with van der Waals surface area (Å²) >= 11 is 0. The highest BCUT2D eigenvalue weighted by Crippen LogP contribution is 2.25. The fourth-order valence-electron chi connectivity index (χ4n) is 3.91. The molecule has 9 heteroatoms. The van der Waals surface area contributed by atoms with Crippen LogP contribution in [0.25, 0.3) is 0 Å². The summed E-state index contributed by atoms with van der Waals surface area (Å²) in [5.74, 6) is -1.27. The first-order valence-electron chi connectivity index (χ1n) is 12.6. The quantitative estimate of drug-likeness (QED) is 0.239. The second-order valence-corrected chi connectivity index (χ2v) is 10.1. The van der Waals surface area contributed by atoms with E-state index in [0.717, 1.165) is 10.5 Å². The van der Waals surface area contributed by atoms with Crippen molar-refractivity contribution in [1.29, 1.82) is 0 Å². The molecule has 0 bridgehead atoms. The van der Waals surface area contributed by atoms with E-state index >= 15 is 0 Å². The summed E-state index contributed by atoms with van der Waals surface area (Å²) in [5, 5.41) is 24.9. The number of carbonyl (C=O) groups excluding carboxylic acids is 3. The van der Waals surface area contributed by atoms with Gasteiger partial charge in [-0.2, -0.15) is 0 Å². The van der Waals surface area contributed by atoms with Gasteiger partial charge in [-0.25, -0.2) is 4.79 Å². The van der Waals surface area contributed by atoms with Crippen LogP contribution in [0.2, 0.25) is 0 Å². The van der Waals surface area contributed by atoms with E-state index in [1.54, 1.807) is 32.9 Å². The minimum Gasteiger partial charge on any atom is -0.508 e. The molecule has 0 saturated heterocycles. The monoisotopic (exact) mass is 543 g/mol. The van der Waals surface area contributed by atoms with Crippen molar-refractivity contribution < 1.29 is 29.3 Å². The third-order valence-electron chi connectivity index (χ3n) is 5.77. The second-order valence-electron chi connectivity index (χ2n) is 10.1. The zero-order valence-electron chi connectivity index (χ0n) is 22.6. The third kappa shape index (κ3) is 8.53. The molecule has 0 aromatic heterocycles. The van der Waals surface area contributed by atoms with Crippen molar-refractivity contribution in [2.24, 2.45) is 0 Å². The molecule has 0 aliphatic heterocycles. The van der Waals surface area contributed by atoms with Gasteiger partial charge in [0.05, 0.1) is 0 Å². The lowest BCUT2D eigenvalue weighted by Crippen LogP contribution is -2.52. The molecule has 0 aliphatic rings.